The van der Waals surface area contributed by atoms with Crippen molar-refractivity contribution in [3.05, 3.63) is 36.0 Å². The van der Waals surface area contributed by atoms with Crippen LogP contribution in [0.25, 0.3) is 10.9 Å². The number of carbonyl (C=O) groups is 1. The second-order valence-electron chi connectivity index (χ2n) is 9.10. The van der Waals surface area contributed by atoms with E-state index in [0.29, 0.717) is 0 Å². The maximum absolute atomic E-state index is 13.1. The first kappa shape index (κ1) is 19.1. The quantitative estimate of drug-likeness (QED) is 0.779. The predicted octanol–water partition coefficient (Wildman–Crippen LogP) is 3.44. The Morgan fingerprint density at radius 3 is 2.38 bits per heavy atom. The molecule has 1 saturated carbocycles. The molecule has 5 rings (SSSR count). The van der Waals surface area contributed by atoms with Crippen LogP contribution >= 0.6 is 0 Å². The summed E-state index contributed by atoms with van der Waals surface area (Å²) < 4.78 is 2.34. The van der Waals surface area contributed by atoms with Crippen molar-refractivity contribution in [3.63, 3.8) is 0 Å². The van der Waals surface area contributed by atoms with Gasteiger partial charge in [0.2, 0.25) is 0 Å². The Morgan fingerprint density at radius 1 is 0.862 bits per heavy atom. The van der Waals surface area contributed by atoms with Gasteiger partial charge in [-0.05, 0) is 63.0 Å². The average Bonchev–Trinajstić information content (AvgIpc) is 3.53. The zero-order chi connectivity index (χ0) is 19.6. The summed E-state index contributed by atoms with van der Waals surface area (Å²) in [4.78, 5) is 20.3. The lowest BCUT2D eigenvalue weighted by Gasteiger charge is -2.38. The van der Waals surface area contributed by atoms with Crippen molar-refractivity contribution in [1.29, 1.82) is 0 Å². The molecule has 1 aliphatic carbocycles. The van der Waals surface area contributed by atoms with Gasteiger partial charge in [-0.25, -0.2) is 0 Å². The molecule has 5 heteroatoms. The van der Waals surface area contributed by atoms with Gasteiger partial charge in [0.05, 0.1) is 0 Å². The number of carbonyl (C=O) groups excluding carboxylic acids is 1. The van der Waals surface area contributed by atoms with Gasteiger partial charge in [-0.1, -0.05) is 12.8 Å². The highest BCUT2D eigenvalue weighted by Crippen LogP contribution is 2.25. The fourth-order valence-corrected chi connectivity index (χ4v) is 5.53. The number of hydrogen-bond acceptors (Lipinski definition) is 3. The van der Waals surface area contributed by atoms with Crippen molar-refractivity contribution in [2.45, 2.75) is 51.1 Å². The molecule has 0 unspecified atom stereocenters. The first-order valence-electron chi connectivity index (χ1n) is 11.6. The lowest BCUT2D eigenvalue weighted by Crippen LogP contribution is -2.51. The van der Waals surface area contributed by atoms with E-state index in [1.807, 2.05) is 6.07 Å². The summed E-state index contributed by atoms with van der Waals surface area (Å²) in [7, 11) is 0. The number of nitrogens with zero attached hydrogens (tertiary/aromatic N) is 4. The molecule has 0 N–H and O–H groups in total. The summed E-state index contributed by atoms with van der Waals surface area (Å²) in [5, 5.41) is 1.18. The third-order valence-corrected chi connectivity index (χ3v) is 7.32. The molecular formula is C24H34N4O. The van der Waals surface area contributed by atoms with Crippen LogP contribution in [0, 0.1) is 0 Å². The lowest BCUT2D eigenvalue weighted by atomic mass is 10.1. The molecule has 29 heavy (non-hydrogen) atoms. The maximum Gasteiger partial charge on any atom is 0.253 e. The topological polar surface area (TPSA) is 31.7 Å². The van der Waals surface area contributed by atoms with Crippen LogP contribution in [0.2, 0.25) is 0 Å². The van der Waals surface area contributed by atoms with Crippen LogP contribution in [-0.4, -0.2) is 77.0 Å². The molecule has 1 aromatic carbocycles. The van der Waals surface area contributed by atoms with E-state index in [4.69, 9.17) is 0 Å². The zero-order valence-electron chi connectivity index (χ0n) is 17.6. The lowest BCUT2D eigenvalue weighted by molar-refractivity contribution is 0.0573. The SMILES string of the molecule is O=C(c1ccc2c(ccn2CCN2CCCC2)c1)N1CCN(C2CCCC2)CC1. The van der Waals surface area contributed by atoms with Gasteiger partial charge < -0.3 is 14.4 Å². The molecule has 3 fully saturated rings. The predicted molar refractivity (Wildman–Crippen MR) is 117 cm³/mol. The van der Waals surface area contributed by atoms with Gasteiger partial charge in [0, 0.05) is 68.0 Å². The molecule has 1 amide bonds. The van der Waals surface area contributed by atoms with Gasteiger partial charge in [-0.15, -0.1) is 0 Å². The van der Waals surface area contributed by atoms with Crippen LogP contribution in [0.5, 0.6) is 0 Å². The van der Waals surface area contributed by atoms with Gasteiger partial charge in [0.25, 0.3) is 5.91 Å². The largest absolute Gasteiger partial charge is 0.346 e. The summed E-state index contributed by atoms with van der Waals surface area (Å²) in [6.45, 7) is 8.43. The number of rotatable bonds is 5. The first-order chi connectivity index (χ1) is 14.3. The van der Waals surface area contributed by atoms with Gasteiger partial charge in [0.15, 0.2) is 0 Å². The Labute approximate surface area is 174 Å². The Morgan fingerprint density at radius 2 is 1.62 bits per heavy atom. The van der Waals surface area contributed by atoms with Crippen molar-refractivity contribution >= 4 is 16.8 Å². The molecule has 0 radical (unpaired) electrons. The van der Waals surface area contributed by atoms with E-state index in [1.54, 1.807) is 0 Å². The molecule has 2 saturated heterocycles. The molecule has 2 aliphatic heterocycles. The van der Waals surface area contributed by atoms with Crippen molar-refractivity contribution in [1.82, 2.24) is 19.3 Å². The van der Waals surface area contributed by atoms with Crippen LogP contribution in [0.1, 0.15) is 48.9 Å². The second kappa shape index (κ2) is 8.49. The number of likely N-dealkylation sites (tertiary alicyclic amines) is 1. The van der Waals surface area contributed by atoms with E-state index in [-0.39, 0.29) is 5.91 Å². The molecule has 3 heterocycles. The van der Waals surface area contributed by atoms with Gasteiger partial charge in [-0.2, -0.15) is 0 Å². The summed E-state index contributed by atoms with van der Waals surface area (Å²) >= 11 is 0. The van der Waals surface area contributed by atoms with Gasteiger partial charge >= 0.3 is 0 Å². The van der Waals surface area contributed by atoms with E-state index < -0.39 is 0 Å². The van der Waals surface area contributed by atoms with Crippen molar-refractivity contribution in [3.8, 4) is 0 Å². The average molecular weight is 395 g/mol. The summed E-state index contributed by atoms with van der Waals surface area (Å²) in [6.07, 6.45) is 10.3. The summed E-state index contributed by atoms with van der Waals surface area (Å²) in [5.41, 5.74) is 2.08. The number of piperazine rings is 1. The highest BCUT2D eigenvalue weighted by molar-refractivity contribution is 5.98. The molecule has 0 atom stereocenters. The zero-order valence-corrected chi connectivity index (χ0v) is 17.6. The Bertz CT molecular complexity index is 840. The third-order valence-electron chi connectivity index (χ3n) is 7.32. The fraction of sp³-hybridized carbons (Fsp3) is 0.625. The molecule has 0 bridgehead atoms. The van der Waals surface area contributed by atoms with Crippen LogP contribution < -0.4 is 0 Å². The standard InChI is InChI=1S/C24H34N4O/c29-24(28-17-15-26(16-18-28)22-5-1-2-6-22)21-7-8-23-20(19-21)9-12-27(23)14-13-25-10-3-4-11-25/h7-9,12,19,22H,1-6,10-11,13-18H2. The van der Waals surface area contributed by atoms with E-state index in [1.165, 1.54) is 62.5 Å². The van der Waals surface area contributed by atoms with E-state index >= 15 is 0 Å². The van der Waals surface area contributed by atoms with Crippen molar-refractivity contribution in [2.24, 2.45) is 0 Å². The Hall–Kier alpha value is -1.85. The van der Waals surface area contributed by atoms with Gasteiger partial charge in [0.1, 0.15) is 0 Å². The molecule has 5 nitrogen and oxygen atoms in total. The second-order valence-corrected chi connectivity index (χ2v) is 9.10. The Kier molecular flexibility index (Phi) is 5.60. The van der Waals surface area contributed by atoms with Crippen LogP contribution in [-0.2, 0) is 6.54 Å². The van der Waals surface area contributed by atoms with Gasteiger partial charge in [-0.3, -0.25) is 9.69 Å². The minimum absolute atomic E-state index is 0.197. The molecule has 0 spiro atoms. The summed E-state index contributed by atoms with van der Waals surface area (Å²) in [5.74, 6) is 0.197. The smallest absolute Gasteiger partial charge is 0.253 e. The molecule has 3 aliphatic rings. The van der Waals surface area contributed by atoms with E-state index in [9.17, 15) is 4.79 Å². The van der Waals surface area contributed by atoms with Crippen molar-refractivity contribution in [2.75, 3.05) is 45.8 Å². The highest BCUT2D eigenvalue weighted by atomic mass is 16.2. The van der Waals surface area contributed by atoms with E-state index in [2.05, 4.69) is 43.7 Å². The minimum atomic E-state index is 0.197. The molecular weight excluding hydrogens is 360 g/mol. The summed E-state index contributed by atoms with van der Waals surface area (Å²) in [6, 6.07) is 9.19. The van der Waals surface area contributed by atoms with Crippen molar-refractivity contribution < 1.29 is 4.79 Å². The first-order valence-corrected chi connectivity index (χ1v) is 11.6. The highest BCUT2D eigenvalue weighted by Gasteiger charge is 2.28. The normalized spacial score (nSPS) is 22.1. The molecule has 1 aromatic heterocycles. The maximum atomic E-state index is 13.1. The molecule has 156 valence electrons. The van der Waals surface area contributed by atoms with E-state index in [0.717, 1.165) is 50.9 Å². The monoisotopic (exact) mass is 394 g/mol. The molecule has 2 aromatic rings. The minimum Gasteiger partial charge on any atom is -0.346 e. The fourth-order valence-electron chi connectivity index (χ4n) is 5.53. The number of aromatic nitrogens is 1. The number of fused-ring (bicyclic) bond motifs is 1. The van der Waals surface area contributed by atoms with Crippen LogP contribution in [0.4, 0.5) is 0 Å². The number of hydrogen-bond donors (Lipinski definition) is 0. The number of benzene rings is 1. The van der Waals surface area contributed by atoms with Crippen LogP contribution in [0.15, 0.2) is 30.5 Å². The Balaban J connectivity index is 1.21. The third kappa shape index (κ3) is 4.08. The van der Waals surface area contributed by atoms with Crippen LogP contribution in [0.3, 0.4) is 0 Å². The number of amides is 1.